The molecular weight excluding hydrogens is 615 g/mol. The molecule has 1 aromatic carbocycles. The van der Waals surface area contributed by atoms with Crippen LogP contribution in [0.5, 0.6) is 0 Å². The van der Waals surface area contributed by atoms with Crippen LogP contribution < -0.4 is 10.0 Å². The van der Waals surface area contributed by atoms with Crippen molar-refractivity contribution >= 4 is 38.6 Å². The third kappa shape index (κ3) is 5.70. The van der Waals surface area contributed by atoms with Gasteiger partial charge in [0.15, 0.2) is 5.82 Å². The maximum atomic E-state index is 15.5. The highest BCUT2D eigenvalue weighted by Crippen LogP contribution is 2.46. The summed E-state index contributed by atoms with van der Waals surface area (Å²) in [4.78, 5) is 13.4. The summed E-state index contributed by atoms with van der Waals surface area (Å²) in [5.74, 6) is -0.00732. The molecule has 3 saturated heterocycles. The third-order valence-corrected chi connectivity index (χ3v) is 10.9. The summed E-state index contributed by atoms with van der Waals surface area (Å²) in [7, 11) is -3.77. The van der Waals surface area contributed by atoms with Crippen molar-refractivity contribution in [3.63, 3.8) is 0 Å². The highest BCUT2D eigenvalue weighted by molar-refractivity contribution is 7.90. The molecule has 0 amide bonds. The van der Waals surface area contributed by atoms with Crippen molar-refractivity contribution in [3.05, 3.63) is 35.0 Å². The number of benzene rings is 1. The zero-order valence-corrected chi connectivity index (χ0v) is 26.6. The van der Waals surface area contributed by atoms with Gasteiger partial charge in [-0.3, -0.25) is 0 Å². The standard InChI is InChI=1S/C29H38ClFN6O6S/c1-15(2)37-21-10-17(9-20(31)23(21)33-26(37)28(3,4)39)22-19(30)13-32-27(34-22)35-29-11-16(12-29)14-43-25(24(29)38)36-44(40,41)18-5-7-42-8-6-18/h9-10,13,15-16,18,24-25,36,38-39H,5-8,11-12,14H2,1-4H3,(H,32,34,35)/t16?,24-,25+,29?/m1/s1. The van der Waals surface area contributed by atoms with Gasteiger partial charge in [0.1, 0.15) is 29.3 Å². The molecule has 15 heteroatoms. The van der Waals surface area contributed by atoms with Gasteiger partial charge in [0.25, 0.3) is 0 Å². The molecule has 4 aliphatic rings. The molecule has 4 N–H and O–H groups in total. The van der Waals surface area contributed by atoms with Crippen molar-refractivity contribution in [3.8, 4) is 11.3 Å². The Hall–Kier alpha value is -2.46. The molecule has 5 heterocycles. The van der Waals surface area contributed by atoms with Crippen molar-refractivity contribution in [2.24, 2.45) is 5.92 Å². The Kier molecular flexibility index (Phi) is 8.17. The van der Waals surface area contributed by atoms with Crippen LogP contribution in [0, 0.1) is 11.7 Å². The van der Waals surface area contributed by atoms with Crippen LogP contribution in [0.15, 0.2) is 18.3 Å². The van der Waals surface area contributed by atoms with Crippen LogP contribution >= 0.6 is 11.6 Å². The first kappa shape index (κ1) is 31.5. The number of aliphatic hydroxyl groups is 2. The predicted octanol–water partition coefficient (Wildman–Crippen LogP) is 3.47. The number of nitrogens with zero attached hydrogens (tertiary/aromatic N) is 4. The molecule has 4 fully saturated rings. The number of fused-ring (bicyclic) bond motifs is 4. The topological polar surface area (TPSA) is 161 Å². The molecule has 44 heavy (non-hydrogen) atoms. The summed E-state index contributed by atoms with van der Waals surface area (Å²) in [5, 5.41) is 25.0. The van der Waals surface area contributed by atoms with E-state index in [4.69, 9.17) is 21.1 Å². The molecule has 2 atom stereocenters. The van der Waals surface area contributed by atoms with E-state index in [2.05, 4.69) is 25.0 Å². The van der Waals surface area contributed by atoms with Crippen LogP contribution in [-0.2, 0) is 25.1 Å². The highest BCUT2D eigenvalue weighted by atomic mass is 35.5. The van der Waals surface area contributed by atoms with Gasteiger partial charge in [0, 0.05) is 24.8 Å². The van der Waals surface area contributed by atoms with Gasteiger partial charge in [0.2, 0.25) is 16.0 Å². The van der Waals surface area contributed by atoms with Crippen LogP contribution in [0.3, 0.4) is 0 Å². The van der Waals surface area contributed by atoms with E-state index in [1.165, 1.54) is 12.3 Å². The molecule has 7 rings (SSSR count). The fourth-order valence-corrected chi connectivity index (χ4v) is 8.29. The summed E-state index contributed by atoms with van der Waals surface area (Å²) < 4.78 is 57.2. The number of sulfonamides is 1. The maximum Gasteiger partial charge on any atom is 0.223 e. The number of imidazole rings is 1. The highest BCUT2D eigenvalue weighted by Gasteiger charge is 2.56. The van der Waals surface area contributed by atoms with E-state index in [0.29, 0.717) is 62.4 Å². The molecule has 2 bridgehead atoms. The minimum Gasteiger partial charge on any atom is -0.386 e. The fourth-order valence-electron chi connectivity index (χ4n) is 6.57. The molecule has 3 aromatic rings. The van der Waals surface area contributed by atoms with Crippen molar-refractivity contribution in [1.29, 1.82) is 0 Å². The van der Waals surface area contributed by atoms with E-state index in [0.717, 1.165) is 0 Å². The van der Waals surface area contributed by atoms with Crippen LogP contribution in [0.25, 0.3) is 22.3 Å². The molecule has 1 aliphatic carbocycles. The van der Waals surface area contributed by atoms with Crippen LogP contribution in [-0.4, -0.2) is 81.1 Å². The Morgan fingerprint density at radius 3 is 2.57 bits per heavy atom. The minimum absolute atomic E-state index is 0.110. The summed E-state index contributed by atoms with van der Waals surface area (Å²) >= 11 is 6.53. The van der Waals surface area contributed by atoms with Gasteiger partial charge in [0.05, 0.1) is 39.8 Å². The first-order chi connectivity index (χ1) is 20.7. The summed E-state index contributed by atoms with van der Waals surface area (Å²) in [6, 6.07) is 2.89. The van der Waals surface area contributed by atoms with Gasteiger partial charge in [-0.05, 0) is 71.4 Å². The van der Waals surface area contributed by atoms with E-state index < -0.39 is 44.6 Å². The number of aliphatic hydroxyl groups excluding tert-OH is 1. The zero-order chi connectivity index (χ0) is 31.6. The van der Waals surface area contributed by atoms with Gasteiger partial charge in [-0.15, -0.1) is 0 Å². The Labute approximate surface area is 260 Å². The fraction of sp³-hybridized carbons (Fsp3) is 0.621. The first-order valence-corrected chi connectivity index (χ1v) is 16.7. The average Bonchev–Trinajstić information content (AvgIpc) is 3.25. The second-order valence-electron chi connectivity index (χ2n) is 12.9. The summed E-state index contributed by atoms with van der Waals surface area (Å²) in [6.45, 7) is 8.06. The Morgan fingerprint density at radius 1 is 1.20 bits per heavy atom. The quantitative estimate of drug-likeness (QED) is 0.284. The Balaban J connectivity index is 1.31. The molecule has 0 unspecified atom stereocenters. The van der Waals surface area contributed by atoms with Gasteiger partial charge in [-0.25, -0.2) is 27.8 Å². The Morgan fingerprint density at radius 2 is 1.91 bits per heavy atom. The Bertz CT molecular complexity index is 1670. The number of nitrogens with one attached hydrogen (secondary N) is 2. The van der Waals surface area contributed by atoms with Crippen LogP contribution in [0.1, 0.15) is 65.2 Å². The molecule has 2 aromatic heterocycles. The molecule has 12 nitrogen and oxygen atoms in total. The second-order valence-corrected chi connectivity index (χ2v) is 15.3. The van der Waals surface area contributed by atoms with E-state index in [-0.39, 0.29) is 34.1 Å². The zero-order valence-electron chi connectivity index (χ0n) is 25.0. The smallest absolute Gasteiger partial charge is 0.223 e. The van der Waals surface area contributed by atoms with Crippen molar-refractivity contribution < 1.29 is 32.5 Å². The number of ether oxygens (including phenoxy) is 2. The lowest BCUT2D eigenvalue weighted by atomic mass is 9.66. The van der Waals surface area contributed by atoms with E-state index in [9.17, 15) is 18.6 Å². The SMILES string of the molecule is CC(C)n1c(C(C)(C)O)nc2c(F)cc(-c3nc(NC45CC(CO[C@H](NS(=O)(=O)C6CCOCC6)[C@H]4O)C5)ncc3Cl)cc21. The third-order valence-electron chi connectivity index (χ3n) is 8.75. The van der Waals surface area contributed by atoms with E-state index >= 15 is 4.39 Å². The van der Waals surface area contributed by atoms with Crippen LogP contribution in [0.4, 0.5) is 10.3 Å². The lowest BCUT2D eigenvalue weighted by Crippen LogP contribution is -2.63. The maximum absolute atomic E-state index is 15.5. The molecule has 1 saturated carbocycles. The van der Waals surface area contributed by atoms with Gasteiger partial charge in [-0.1, -0.05) is 11.6 Å². The predicted molar refractivity (Wildman–Crippen MR) is 162 cm³/mol. The molecule has 3 aliphatic heterocycles. The molecule has 0 spiro atoms. The monoisotopic (exact) mass is 652 g/mol. The number of halogens is 2. The van der Waals surface area contributed by atoms with Gasteiger partial charge >= 0.3 is 0 Å². The second kappa shape index (κ2) is 11.4. The number of hydrogen-bond acceptors (Lipinski definition) is 10. The largest absolute Gasteiger partial charge is 0.386 e. The van der Waals surface area contributed by atoms with Crippen molar-refractivity contribution in [1.82, 2.24) is 24.2 Å². The molecular formula is C29H38ClFN6O6S. The first-order valence-electron chi connectivity index (χ1n) is 14.8. The average molecular weight is 653 g/mol. The number of rotatable bonds is 8. The number of anilines is 1. The van der Waals surface area contributed by atoms with Gasteiger partial charge < -0.3 is 29.6 Å². The number of aromatic nitrogens is 4. The number of hydrogen-bond donors (Lipinski definition) is 4. The van der Waals surface area contributed by atoms with E-state index in [1.807, 2.05) is 13.8 Å². The lowest BCUT2D eigenvalue weighted by molar-refractivity contribution is -0.0439. The summed E-state index contributed by atoms with van der Waals surface area (Å²) in [5.41, 5.74) is -1.02. The lowest BCUT2D eigenvalue weighted by Gasteiger charge is -2.48. The van der Waals surface area contributed by atoms with E-state index in [1.54, 1.807) is 24.5 Å². The normalized spacial score (nSPS) is 26.5. The molecule has 0 radical (unpaired) electrons. The van der Waals surface area contributed by atoms with Crippen molar-refractivity contribution in [2.75, 3.05) is 25.1 Å². The van der Waals surface area contributed by atoms with Crippen molar-refractivity contribution in [2.45, 2.75) is 88.1 Å². The minimum atomic E-state index is -3.77. The molecule has 240 valence electrons. The van der Waals surface area contributed by atoms with Crippen LogP contribution in [0.2, 0.25) is 5.02 Å². The summed E-state index contributed by atoms with van der Waals surface area (Å²) in [6.07, 6.45) is 0.760. The van der Waals surface area contributed by atoms with Gasteiger partial charge in [-0.2, -0.15) is 4.72 Å².